The van der Waals surface area contributed by atoms with Crippen LogP contribution >= 0.6 is 0 Å². The van der Waals surface area contributed by atoms with Gasteiger partial charge in [0.1, 0.15) is 11.6 Å². The average Bonchev–Trinajstić information content (AvgIpc) is 2.27. The molecule has 0 saturated heterocycles. The van der Waals surface area contributed by atoms with Crippen molar-refractivity contribution in [2.24, 2.45) is 0 Å². The van der Waals surface area contributed by atoms with Crippen molar-refractivity contribution in [3.63, 3.8) is 0 Å². The molecule has 0 atom stereocenters. The van der Waals surface area contributed by atoms with E-state index in [2.05, 4.69) is 0 Å². The van der Waals surface area contributed by atoms with Gasteiger partial charge in [0, 0.05) is 5.56 Å². The van der Waals surface area contributed by atoms with Gasteiger partial charge >= 0.3 is 6.18 Å². The molecule has 5 heteroatoms. The average molecular weight is 256 g/mol. The summed E-state index contributed by atoms with van der Waals surface area (Å²) >= 11 is 0. The number of halogens is 4. The maximum atomic E-state index is 13.8. The third-order valence-corrected chi connectivity index (χ3v) is 2.46. The molecule has 1 N–H and O–H groups in total. The first kappa shape index (κ1) is 12.4. The van der Waals surface area contributed by atoms with Crippen LogP contribution in [0.25, 0.3) is 11.1 Å². The summed E-state index contributed by atoms with van der Waals surface area (Å²) in [5.74, 6) is -1.47. The van der Waals surface area contributed by atoms with E-state index in [1.807, 2.05) is 0 Å². The molecule has 0 aliphatic heterocycles. The Kier molecular flexibility index (Phi) is 2.98. The highest BCUT2D eigenvalue weighted by Crippen LogP contribution is 2.35. The van der Waals surface area contributed by atoms with Gasteiger partial charge < -0.3 is 5.11 Å². The first-order valence-corrected chi connectivity index (χ1v) is 5.04. The quantitative estimate of drug-likeness (QED) is 0.757. The lowest BCUT2D eigenvalue weighted by atomic mass is 10.0. The second kappa shape index (κ2) is 4.33. The number of phenolic OH excluding ortho intramolecular Hbond substituents is 1. The zero-order valence-corrected chi connectivity index (χ0v) is 9.00. The molecule has 2 rings (SSSR count). The summed E-state index contributed by atoms with van der Waals surface area (Å²) in [5.41, 5.74) is -1.32. The van der Waals surface area contributed by atoms with Crippen LogP contribution in [0.15, 0.2) is 42.5 Å². The molecule has 0 spiro atoms. The van der Waals surface area contributed by atoms with Crippen molar-refractivity contribution in [3.05, 3.63) is 53.8 Å². The summed E-state index contributed by atoms with van der Waals surface area (Å²) in [6, 6.07) is 8.47. The fourth-order valence-electron chi connectivity index (χ4n) is 1.65. The zero-order valence-electron chi connectivity index (χ0n) is 9.00. The predicted molar refractivity (Wildman–Crippen MR) is 58.5 cm³/mol. The third kappa shape index (κ3) is 2.30. The van der Waals surface area contributed by atoms with E-state index in [0.717, 1.165) is 6.07 Å². The molecule has 94 valence electrons. The number of hydrogen-bond donors (Lipinski definition) is 1. The second-order valence-corrected chi connectivity index (χ2v) is 3.72. The highest BCUT2D eigenvalue weighted by atomic mass is 19.4. The topological polar surface area (TPSA) is 20.2 Å². The van der Waals surface area contributed by atoms with Crippen LogP contribution in [0.3, 0.4) is 0 Å². The normalized spacial score (nSPS) is 11.6. The maximum absolute atomic E-state index is 13.8. The van der Waals surface area contributed by atoms with Gasteiger partial charge in [0.05, 0.1) is 5.56 Å². The van der Waals surface area contributed by atoms with Crippen LogP contribution in [0.2, 0.25) is 0 Å². The van der Waals surface area contributed by atoms with Crippen molar-refractivity contribution in [3.8, 4) is 16.9 Å². The maximum Gasteiger partial charge on any atom is 0.419 e. The minimum Gasteiger partial charge on any atom is -0.508 e. The van der Waals surface area contributed by atoms with Crippen molar-refractivity contribution in [2.45, 2.75) is 6.18 Å². The Labute approximate surface area is 100 Å². The zero-order chi connectivity index (χ0) is 13.3. The smallest absolute Gasteiger partial charge is 0.419 e. The SMILES string of the molecule is Oc1cccc(-c2cccc(C(F)(F)F)c2F)c1. The van der Waals surface area contributed by atoms with E-state index in [1.165, 1.54) is 30.3 Å². The van der Waals surface area contributed by atoms with Gasteiger partial charge in [-0.25, -0.2) is 4.39 Å². The molecule has 0 aromatic heterocycles. The first-order chi connectivity index (χ1) is 8.39. The van der Waals surface area contributed by atoms with Crippen LogP contribution in [0.4, 0.5) is 17.6 Å². The number of alkyl halides is 3. The first-order valence-electron chi connectivity index (χ1n) is 5.04. The number of hydrogen-bond acceptors (Lipinski definition) is 1. The van der Waals surface area contributed by atoms with Gasteiger partial charge in [0.15, 0.2) is 0 Å². The summed E-state index contributed by atoms with van der Waals surface area (Å²) in [7, 11) is 0. The van der Waals surface area contributed by atoms with E-state index < -0.39 is 17.6 Å². The van der Waals surface area contributed by atoms with Crippen molar-refractivity contribution < 1.29 is 22.7 Å². The summed E-state index contributed by atoms with van der Waals surface area (Å²) in [6.07, 6.45) is -4.74. The molecular weight excluding hydrogens is 248 g/mol. The van der Waals surface area contributed by atoms with Crippen molar-refractivity contribution in [1.29, 1.82) is 0 Å². The number of rotatable bonds is 1. The molecule has 18 heavy (non-hydrogen) atoms. The number of benzene rings is 2. The Morgan fingerprint density at radius 3 is 2.22 bits per heavy atom. The fraction of sp³-hybridized carbons (Fsp3) is 0.0769. The molecule has 0 aliphatic rings. The van der Waals surface area contributed by atoms with Gasteiger partial charge in [-0.05, 0) is 23.8 Å². The molecule has 1 nitrogen and oxygen atoms in total. The van der Waals surface area contributed by atoms with E-state index in [-0.39, 0.29) is 16.9 Å². The highest BCUT2D eigenvalue weighted by Gasteiger charge is 2.34. The van der Waals surface area contributed by atoms with Crippen LogP contribution < -0.4 is 0 Å². The van der Waals surface area contributed by atoms with Gasteiger partial charge in [-0.15, -0.1) is 0 Å². The molecular formula is C13H8F4O. The number of aromatic hydroxyl groups is 1. The van der Waals surface area contributed by atoms with E-state index >= 15 is 0 Å². The van der Waals surface area contributed by atoms with Crippen LogP contribution in [-0.2, 0) is 6.18 Å². The Hall–Kier alpha value is -2.04. The molecule has 2 aromatic carbocycles. The molecule has 2 aromatic rings. The third-order valence-electron chi connectivity index (χ3n) is 2.46. The molecule has 0 aliphatic carbocycles. The van der Waals surface area contributed by atoms with Crippen LogP contribution in [-0.4, -0.2) is 5.11 Å². The second-order valence-electron chi connectivity index (χ2n) is 3.72. The monoisotopic (exact) mass is 256 g/mol. The Morgan fingerprint density at radius 1 is 0.944 bits per heavy atom. The van der Waals surface area contributed by atoms with Gasteiger partial charge in [0.2, 0.25) is 0 Å². The predicted octanol–water partition coefficient (Wildman–Crippen LogP) is 4.22. The number of phenols is 1. The minimum atomic E-state index is -4.74. The van der Waals surface area contributed by atoms with Crippen LogP contribution in [0.5, 0.6) is 5.75 Å². The molecule has 0 bridgehead atoms. The van der Waals surface area contributed by atoms with E-state index in [0.29, 0.717) is 6.07 Å². The molecule has 0 saturated carbocycles. The van der Waals surface area contributed by atoms with Crippen molar-refractivity contribution in [2.75, 3.05) is 0 Å². The lowest BCUT2D eigenvalue weighted by Crippen LogP contribution is -2.08. The summed E-state index contributed by atoms with van der Waals surface area (Å²) in [5, 5.41) is 9.25. The highest BCUT2D eigenvalue weighted by molar-refractivity contribution is 5.66. The summed E-state index contributed by atoms with van der Waals surface area (Å²) < 4.78 is 51.4. The van der Waals surface area contributed by atoms with Gasteiger partial charge in [-0.3, -0.25) is 0 Å². The largest absolute Gasteiger partial charge is 0.508 e. The lowest BCUT2D eigenvalue weighted by molar-refractivity contribution is -0.139. The standard InChI is InChI=1S/C13H8F4O/c14-12-10(8-3-1-4-9(18)7-8)5-2-6-11(12)13(15,16)17/h1-7,18H. The lowest BCUT2D eigenvalue weighted by Gasteiger charge is -2.11. The Morgan fingerprint density at radius 2 is 1.61 bits per heavy atom. The molecule has 0 unspecified atom stereocenters. The van der Waals surface area contributed by atoms with Crippen molar-refractivity contribution in [1.82, 2.24) is 0 Å². The molecule has 0 amide bonds. The molecule has 0 heterocycles. The van der Waals surface area contributed by atoms with Crippen LogP contribution in [0, 0.1) is 5.82 Å². The molecule has 0 fully saturated rings. The van der Waals surface area contributed by atoms with Crippen LogP contribution in [0.1, 0.15) is 5.56 Å². The van der Waals surface area contributed by atoms with E-state index in [1.54, 1.807) is 0 Å². The van der Waals surface area contributed by atoms with E-state index in [4.69, 9.17) is 0 Å². The fourth-order valence-corrected chi connectivity index (χ4v) is 1.65. The summed E-state index contributed by atoms with van der Waals surface area (Å²) in [6.45, 7) is 0. The Balaban J connectivity index is 2.60. The minimum absolute atomic E-state index is 0.135. The van der Waals surface area contributed by atoms with E-state index in [9.17, 15) is 22.7 Å². The molecule has 0 radical (unpaired) electrons. The summed E-state index contributed by atoms with van der Waals surface area (Å²) in [4.78, 5) is 0. The van der Waals surface area contributed by atoms with Gasteiger partial charge in [0.25, 0.3) is 0 Å². The van der Waals surface area contributed by atoms with Crippen molar-refractivity contribution >= 4 is 0 Å². The van der Waals surface area contributed by atoms with Gasteiger partial charge in [-0.2, -0.15) is 13.2 Å². The van der Waals surface area contributed by atoms with Gasteiger partial charge in [-0.1, -0.05) is 24.3 Å². The Bertz CT molecular complexity index is 575.